The van der Waals surface area contributed by atoms with E-state index in [0.717, 1.165) is 24.0 Å². The Labute approximate surface area is 144 Å². The second kappa shape index (κ2) is 6.92. The summed E-state index contributed by atoms with van der Waals surface area (Å²) in [7, 11) is 0. The van der Waals surface area contributed by atoms with Gasteiger partial charge in [0.1, 0.15) is 5.75 Å². The van der Waals surface area contributed by atoms with Crippen molar-refractivity contribution in [1.82, 2.24) is 0 Å². The molecule has 3 rings (SSSR count). The summed E-state index contributed by atoms with van der Waals surface area (Å²) in [6.45, 7) is 6.26. The molecule has 0 amide bonds. The summed E-state index contributed by atoms with van der Waals surface area (Å²) in [5, 5.41) is 10.5. The SMILES string of the molecule is Cc1ccccc1Cc1cc(C)c(O)c(Cc2ccccc2C)c1. The van der Waals surface area contributed by atoms with Crippen molar-refractivity contribution in [2.45, 2.75) is 33.6 Å². The van der Waals surface area contributed by atoms with Crippen molar-refractivity contribution in [1.29, 1.82) is 0 Å². The second-order valence-corrected chi connectivity index (χ2v) is 6.63. The molecule has 0 fully saturated rings. The van der Waals surface area contributed by atoms with Crippen molar-refractivity contribution in [2.75, 3.05) is 0 Å². The van der Waals surface area contributed by atoms with Crippen LogP contribution in [0.15, 0.2) is 60.7 Å². The molecule has 0 saturated heterocycles. The van der Waals surface area contributed by atoms with Gasteiger partial charge >= 0.3 is 0 Å². The summed E-state index contributed by atoms with van der Waals surface area (Å²) in [5.41, 5.74) is 8.38. The maximum Gasteiger partial charge on any atom is 0.122 e. The largest absolute Gasteiger partial charge is 0.507 e. The minimum absolute atomic E-state index is 0.423. The van der Waals surface area contributed by atoms with Gasteiger partial charge in [-0.3, -0.25) is 0 Å². The molecular formula is C23H24O. The van der Waals surface area contributed by atoms with E-state index in [1.54, 1.807) is 0 Å². The highest BCUT2D eigenvalue weighted by Gasteiger charge is 2.10. The lowest BCUT2D eigenvalue weighted by molar-refractivity contribution is 0.465. The molecule has 3 aromatic carbocycles. The molecule has 0 aliphatic carbocycles. The van der Waals surface area contributed by atoms with Gasteiger partial charge in [-0.2, -0.15) is 0 Å². The van der Waals surface area contributed by atoms with Gasteiger partial charge in [-0.1, -0.05) is 60.7 Å². The lowest BCUT2D eigenvalue weighted by atomic mass is 9.93. The van der Waals surface area contributed by atoms with Crippen LogP contribution in [0.25, 0.3) is 0 Å². The lowest BCUT2D eigenvalue weighted by Gasteiger charge is -2.13. The van der Waals surface area contributed by atoms with E-state index >= 15 is 0 Å². The molecule has 122 valence electrons. The number of benzene rings is 3. The molecule has 0 aromatic heterocycles. The summed E-state index contributed by atoms with van der Waals surface area (Å²) in [6.07, 6.45) is 1.66. The summed E-state index contributed by atoms with van der Waals surface area (Å²) in [4.78, 5) is 0. The highest BCUT2D eigenvalue weighted by atomic mass is 16.3. The van der Waals surface area contributed by atoms with E-state index in [9.17, 15) is 5.11 Å². The molecule has 3 aromatic rings. The van der Waals surface area contributed by atoms with Gasteiger partial charge in [-0.05, 0) is 66.1 Å². The molecule has 0 unspecified atom stereocenters. The molecule has 0 atom stereocenters. The highest BCUT2D eigenvalue weighted by molar-refractivity contribution is 5.47. The van der Waals surface area contributed by atoms with Gasteiger partial charge in [0.15, 0.2) is 0 Å². The smallest absolute Gasteiger partial charge is 0.122 e. The Hall–Kier alpha value is -2.54. The van der Waals surface area contributed by atoms with Crippen LogP contribution >= 0.6 is 0 Å². The first kappa shape index (κ1) is 16.3. The van der Waals surface area contributed by atoms with Crippen LogP contribution in [-0.2, 0) is 12.8 Å². The number of phenolic OH excluding ortho intramolecular Hbond substituents is 1. The van der Waals surface area contributed by atoms with Crippen LogP contribution in [0.1, 0.15) is 38.9 Å². The minimum Gasteiger partial charge on any atom is -0.507 e. The van der Waals surface area contributed by atoms with Gasteiger partial charge in [0, 0.05) is 6.42 Å². The molecule has 0 radical (unpaired) electrons. The Bertz CT molecular complexity index is 862. The predicted octanol–water partition coefficient (Wildman–Crippen LogP) is 5.50. The van der Waals surface area contributed by atoms with Crippen molar-refractivity contribution < 1.29 is 5.11 Å². The summed E-state index contributed by atoms with van der Waals surface area (Å²) in [5.74, 6) is 0.423. The predicted molar refractivity (Wildman–Crippen MR) is 101 cm³/mol. The lowest BCUT2D eigenvalue weighted by Crippen LogP contribution is -1.98. The van der Waals surface area contributed by atoms with Crippen LogP contribution in [0.5, 0.6) is 5.75 Å². The molecule has 0 spiro atoms. The Kier molecular flexibility index (Phi) is 4.71. The van der Waals surface area contributed by atoms with Crippen LogP contribution in [0, 0.1) is 20.8 Å². The van der Waals surface area contributed by atoms with Crippen molar-refractivity contribution in [3.8, 4) is 5.75 Å². The maximum atomic E-state index is 10.5. The van der Waals surface area contributed by atoms with Crippen molar-refractivity contribution in [3.63, 3.8) is 0 Å². The zero-order valence-electron chi connectivity index (χ0n) is 14.6. The molecule has 0 saturated carbocycles. The first-order chi connectivity index (χ1) is 11.5. The van der Waals surface area contributed by atoms with E-state index in [-0.39, 0.29) is 0 Å². The number of hydrogen-bond acceptors (Lipinski definition) is 1. The Morgan fingerprint density at radius 3 is 1.75 bits per heavy atom. The molecule has 0 aliphatic rings. The average Bonchev–Trinajstić information content (AvgIpc) is 2.56. The Morgan fingerprint density at radius 2 is 1.17 bits per heavy atom. The van der Waals surface area contributed by atoms with Gasteiger partial charge in [-0.15, -0.1) is 0 Å². The van der Waals surface area contributed by atoms with Crippen LogP contribution in [0.3, 0.4) is 0 Å². The van der Waals surface area contributed by atoms with Crippen LogP contribution in [0.4, 0.5) is 0 Å². The normalized spacial score (nSPS) is 10.8. The molecule has 1 N–H and O–H groups in total. The standard InChI is InChI=1S/C23H24O/c1-16-8-4-6-10-20(16)13-19-12-18(3)23(24)22(14-19)15-21-11-7-5-9-17(21)2/h4-12,14,24H,13,15H2,1-3H3. The summed E-state index contributed by atoms with van der Waals surface area (Å²) < 4.78 is 0. The summed E-state index contributed by atoms with van der Waals surface area (Å²) in [6, 6.07) is 21.1. The Balaban J connectivity index is 1.94. The van der Waals surface area contributed by atoms with Crippen molar-refractivity contribution in [3.05, 3.63) is 99.6 Å². The van der Waals surface area contributed by atoms with E-state index in [1.165, 1.54) is 27.8 Å². The van der Waals surface area contributed by atoms with E-state index < -0.39 is 0 Å². The monoisotopic (exact) mass is 316 g/mol. The minimum atomic E-state index is 0.423. The average molecular weight is 316 g/mol. The number of phenols is 1. The van der Waals surface area contributed by atoms with Gasteiger partial charge in [-0.25, -0.2) is 0 Å². The van der Waals surface area contributed by atoms with Crippen molar-refractivity contribution in [2.24, 2.45) is 0 Å². The molecule has 24 heavy (non-hydrogen) atoms. The fraction of sp³-hybridized carbons (Fsp3) is 0.217. The van der Waals surface area contributed by atoms with Crippen LogP contribution < -0.4 is 0 Å². The molecule has 0 aliphatic heterocycles. The number of hydrogen-bond donors (Lipinski definition) is 1. The van der Waals surface area contributed by atoms with E-state index in [2.05, 4.69) is 74.5 Å². The Morgan fingerprint density at radius 1 is 0.625 bits per heavy atom. The van der Waals surface area contributed by atoms with Gasteiger partial charge in [0.2, 0.25) is 0 Å². The van der Waals surface area contributed by atoms with Gasteiger partial charge < -0.3 is 5.11 Å². The molecular weight excluding hydrogens is 292 g/mol. The van der Waals surface area contributed by atoms with E-state index in [1.807, 2.05) is 6.92 Å². The third-order valence-corrected chi connectivity index (χ3v) is 4.74. The zero-order chi connectivity index (χ0) is 17.1. The number of rotatable bonds is 4. The van der Waals surface area contributed by atoms with Crippen LogP contribution in [0.2, 0.25) is 0 Å². The van der Waals surface area contributed by atoms with Crippen LogP contribution in [-0.4, -0.2) is 5.11 Å². The fourth-order valence-corrected chi connectivity index (χ4v) is 3.21. The first-order valence-corrected chi connectivity index (χ1v) is 8.45. The third kappa shape index (κ3) is 3.51. The fourth-order valence-electron chi connectivity index (χ4n) is 3.21. The molecule has 0 bridgehead atoms. The number of aryl methyl sites for hydroxylation is 3. The molecule has 0 heterocycles. The summed E-state index contributed by atoms with van der Waals surface area (Å²) >= 11 is 0. The second-order valence-electron chi connectivity index (χ2n) is 6.63. The zero-order valence-corrected chi connectivity index (χ0v) is 14.6. The van der Waals surface area contributed by atoms with Gasteiger partial charge in [0.25, 0.3) is 0 Å². The van der Waals surface area contributed by atoms with E-state index in [0.29, 0.717) is 5.75 Å². The highest BCUT2D eigenvalue weighted by Crippen LogP contribution is 2.28. The third-order valence-electron chi connectivity index (χ3n) is 4.74. The van der Waals surface area contributed by atoms with Gasteiger partial charge in [0.05, 0.1) is 0 Å². The topological polar surface area (TPSA) is 20.2 Å². The first-order valence-electron chi connectivity index (χ1n) is 8.45. The van der Waals surface area contributed by atoms with E-state index in [4.69, 9.17) is 0 Å². The quantitative estimate of drug-likeness (QED) is 0.674. The maximum absolute atomic E-state index is 10.5. The molecule has 1 heteroatoms. The number of aromatic hydroxyl groups is 1. The van der Waals surface area contributed by atoms with Crippen molar-refractivity contribution >= 4 is 0 Å². The molecule has 1 nitrogen and oxygen atoms in total.